The third kappa shape index (κ3) is 3.21. The number of nitrogens with zero attached hydrogens (tertiary/aromatic N) is 2. The van der Waals surface area contributed by atoms with E-state index in [9.17, 15) is 8.42 Å². The summed E-state index contributed by atoms with van der Waals surface area (Å²) < 4.78 is 38.8. The van der Waals surface area contributed by atoms with Crippen LogP contribution in [0.1, 0.15) is 12.0 Å². The summed E-state index contributed by atoms with van der Waals surface area (Å²) in [5.41, 5.74) is 1.14. The second kappa shape index (κ2) is 6.65. The molecule has 6 nitrogen and oxygen atoms in total. The Bertz CT molecular complexity index is 855. The van der Waals surface area contributed by atoms with Crippen LogP contribution in [0.2, 0.25) is 0 Å². The second-order valence-corrected chi connectivity index (χ2v) is 8.27. The molecule has 2 aromatic rings. The standard InChI is InChI=1S/C18H20N2O4S/c21-25(22,17-5-1-4-16-18(17)24-10-9-23-16)20-8-6-15(13-20)11-14-3-2-7-19-12-14/h1-5,7,12,15H,6,8-11,13H2. The summed E-state index contributed by atoms with van der Waals surface area (Å²) in [6.07, 6.45) is 5.28. The summed E-state index contributed by atoms with van der Waals surface area (Å²) in [6.45, 7) is 1.84. The van der Waals surface area contributed by atoms with E-state index in [1.807, 2.05) is 18.3 Å². The minimum absolute atomic E-state index is 0.201. The van der Waals surface area contributed by atoms with Gasteiger partial charge in [-0.25, -0.2) is 8.42 Å². The molecule has 132 valence electrons. The summed E-state index contributed by atoms with van der Waals surface area (Å²) in [5, 5.41) is 0. The predicted molar refractivity (Wildman–Crippen MR) is 92.2 cm³/mol. The number of fused-ring (bicyclic) bond motifs is 1. The molecule has 4 rings (SSSR count). The topological polar surface area (TPSA) is 68.7 Å². The average molecular weight is 360 g/mol. The molecule has 0 saturated carbocycles. The van der Waals surface area contributed by atoms with Crippen molar-refractivity contribution in [3.8, 4) is 11.5 Å². The van der Waals surface area contributed by atoms with Crippen LogP contribution in [-0.2, 0) is 16.4 Å². The maximum Gasteiger partial charge on any atom is 0.246 e. The Balaban J connectivity index is 1.54. The number of ether oxygens (including phenoxy) is 2. The Morgan fingerprint density at radius 2 is 2.04 bits per heavy atom. The van der Waals surface area contributed by atoms with E-state index in [1.54, 1.807) is 28.7 Å². The van der Waals surface area contributed by atoms with Crippen LogP contribution < -0.4 is 9.47 Å². The van der Waals surface area contributed by atoms with Crippen molar-refractivity contribution in [2.75, 3.05) is 26.3 Å². The zero-order valence-corrected chi connectivity index (χ0v) is 14.6. The van der Waals surface area contributed by atoms with Crippen molar-refractivity contribution in [1.82, 2.24) is 9.29 Å². The number of aromatic nitrogens is 1. The van der Waals surface area contributed by atoms with Gasteiger partial charge in [-0.15, -0.1) is 0 Å². The first-order valence-corrected chi connectivity index (χ1v) is 9.86. The molecule has 1 atom stereocenters. The lowest BCUT2D eigenvalue weighted by molar-refractivity contribution is 0.166. The monoisotopic (exact) mass is 360 g/mol. The average Bonchev–Trinajstić information content (AvgIpc) is 3.11. The molecule has 1 aromatic carbocycles. The summed E-state index contributed by atoms with van der Waals surface area (Å²) in [6, 6.07) is 8.97. The van der Waals surface area contributed by atoms with E-state index in [4.69, 9.17) is 9.47 Å². The molecular weight excluding hydrogens is 340 g/mol. The van der Waals surface area contributed by atoms with E-state index in [-0.39, 0.29) is 4.90 Å². The third-order valence-electron chi connectivity index (χ3n) is 4.64. The van der Waals surface area contributed by atoms with Gasteiger partial charge in [0, 0.05) is 25.5 Å². The molecule has 7 heteroatoms. The van der Waals surface area contributed by atoms with Crippen LogP contribution in [0.5, 0.6) is 11.5 Å². The van der Waals surface area contributed by atoms with Gasteiger partial charge >= 0.3 is 0 Å². The summed E-state index contributed by atoms with van der Waals surface area (Å²) >= 11 is 0. The summed E-state index contributed by atoms with van der Waals surface area (Å²) in [7, 11) is -3.59. The number of hydrogen-bond donors (Lipinski definition) is 0. The van der Waals surface area contributed by atoms with E-state index in [0.29, 0.717) is 43.7 Å². The van der Waals surface area contributed by atoms with Gasteiger partial charge in [-0.2, -0.15) is 4.31 Å². The van der Waals surface area contributed by atoms with Crippen molar-refractivity contribution in [2.45, 2.75) is 17.7 Å². The number of hydrogen-bond acceptors (Lipinski definition) is 5. The lowest BCUT2D eigenvalue weighted by Gasteiger charge is -2.23. The molecule has 1 unspecified atom stereocenters. The van der Waals surface area contributed by atoms with Gasteiger partial charge in [0.2, 0.25) is 10.0 Å². The van der Waals surface area contributed by atoms with Crippen LogP contribution >= 0.6 is 0 Å². The smallest absolute Gasteiger partial charge is 0.246 e. The fraction of sp³-hybridized carbons (Fsp3) is 0.389. The Morgan fingerprint density at radius 3 is 2.88 bits per heavy atom. The van der Waals surface area contributed by atoms with Gasteiger partial charge in [0.05, 0.1) is 0 Å². The van der Waals surface area contributed by atoms with Gasteiger partial charge in [0.15, 0.2) is 11.5 Å². The van der Waals surface area contributed by atoms with Gasteiger partial charge in [-0.05, 0) is 42.5 Å². The number of pyridine rings is 1. The highest BCUT2D eigenvalue weighted by molar-refractivity contribution is 7.89. The van der Waals surface area contributed by atoms with Crippen molar-refractivity contribution in [2.24, 2.45) is 5.92 Å². The molecular formula is C18H20N2O4S. The summed E-state index contributed by atoms with van der Waals surface area (Å²) in [4.78, 5) is 4.33. The normalized spacial score (nSPS) is 20.6. The Kier molecular flexibility index (Phi) is 4.35. The molecule has 25 heavy (non-hydrogen) atoms. The zero-order valence-electron chi connectivity index (χ0n) is 13.8. The molecule has 1 aromatic heterocycles. The number of rotatable bonds is 4. The quantitative estimate of drug-likeness (QED) is 0.835. The van der Waals surface area contributed by atoms with Gasteiger partial charge in [0.1, 0.15) is 18.1 Å². The minimum Gasteiger partial charge on any atom is -0.486 e. The van der Waals surface area contributed by atoms with Crippen molar-refractivity contribution < 1.29 is 17.9 Å². The maximum atomic E-state index is 13.1. The van der Waals surface area contributed by atoms with Crippen LogP contribution in [0.15, 0.2) is 47.6 Å². The molecule has 0 aliphatic carbocycles. The highest BCUT2D eigenvalue weighted by Gasteiger charge is 2.35. The molecule has 0 radical (unpaired) electrons. The maximum absolute atomic E-state index is 13.1. The zero-order chi connectivity index (χ0) is 17.3. The van der Waals surface area contributed by atoms with E-state index < -0.39 is 10.0 Å². The molecule has 3 heterocycles. The molecule has 1 fully saturated rings. The van der Waals surface area contributed by atoms with Crippen LogP contribution in [0.4, 0.5) is 0 Å². The Morgan fingerprint density at radius 1 is 1.16 bits per heavy atom. The van der Waals surface area contributed by atoms with Crippen molar-refractivity contribution in [3.05, 3.63) is 48.3 Å². The molecule has 1 saturated heterocycles. The first-order valence-electron chi connectivity index (χ1n) is 8.42. The molecule has 0 amide bonds. The van der Waals surface area contributed by atoms with Gasteiger partial charge in [-0.3, -0.25) is 4.98 Å². The lowest BCUT2D eigenvalue weighted by Crippen LogP contribution is -2.30. The Hall–Kier alpha value is -2.12. The highest BCUT2D eigenvalue weighted by Crippen LogP contribution is 2.38. The van der Waals surface area contributed by atoms with Crippen molar-refractivity contribution >= 4 is 10.0 Å². The largest absolute Gasteiger partial charge is 0.486 e. The van der Waals surface area contributed by atoms with Gasteiger partial charge in [0.25, 0.3) is 0 Å². The lowest BCUT2D eigenvalue weighted by atomic mass is 10.0. The van der Waals surface area contributed by atoms with Crippen LogP contribution in [-0.4, -0.2) is 44.0 Å². The molecule has 0 spiro atoms. The van der Waals surface area contributed by atoms with Crippen molar-refractivity contribution in [1.29, 1.82) is 0 Å². The SMILES string of the molecule is O=S(=O)(c1cccc2c1OCCO2)N1CCC(Cc2cccnc2)C1. The van der Waals surface area contributed by atoms with Crippen molar-refractivity contribution in [3.63, 3.8) is 0 Å². The minimum atomic E-state index is -3.59. The van der Waals surface area contributed by atoms with E-state index in [0.717, 1.165) is 18.4 Å². The molecule has 0 bridgehead atoms. The number of sulfonamides is 1. The first kappa shape index (κ1) is 16.4. The third-order valence-corrected chi connectivity index (χ3v) is 6.53. The van der Waals surface area contributed by atoms with Crippen LogP contribution in [0, 0.1) is 5.92 Å². The van der Waals surface area contributed by atoms with E-state index >= 15 is 0 Å². The van der Waals surface area contributed by atoms with Crippen LogP contribution in [0.3, 0.4) is 0 Å². The number of benzene rings is 1. The van der Waals surface area contributed by atoms with E-state index in [2.05, 4.69) is 4.98 Å². The van der Waals surface area contributed by atoms with Gasteiger partial charge < -0.3 is 9.47 Å². The first-order chi connectivity index (χ1) is 12.1. The number of para-hydroxylation sites is 1. The second-order valence-electron chi connectivity index (χ2n) is 6.36. The molecule has 0 N–H and O–H groups in total. The van der Waals surface area contributed by atoms with E-state index in [1.165, 1.54) is 0 Å². The molecule has 2 aliphatic rings. The predicted octanol–water partition coefficient (Wildman–Crippen LogP) is 2.11. The summed E-state index contributed by atoms with van der Waals surface area (Å²) in [5.74, 6) is 1.14. The fourth-order valence-electron chi connectivity index (χ4n) is 3.42. The highest BCUT2D eigenvalue weighted by atomic mass is 32.2. The van der Waals surface area contributed by atoms with Gasteiger partial charge in [-0.1, -0.05) is 12.1 Å². The Labute approximate surface area is 147 Å². The van der Waals surface area contributed by atoms with Crippen LogP contribution in [0.25, 0.3) is 0 Å². The fourth-order valence-corrected chi connectivity index (χ4v) is 5.10. The molecule has 2 aliphatic heterocycles.